The number of halogens is 2. The Balaban J connectivity index is 3.23. The summed E-state index contributed by atoms with van der Waals surface area (Å²) in [6, 6.07) is 4.57. The van der Waals surface area contributed by atoms with Gasteiger partial charge >= 0.3 is 5.97 Å². The smallest absolute Gasteiger partial charge is 0.341 e. The molecule has 1 atom stereocenters. The largest absolute Gasteiger partial charge is 0.477 e. The van der Waals surface area contributed by atoms with Crippen LogP contribution < -0.4 is 0 Å². The van der Waals surface area contributed by atoms with Crippen LogP contribution in [0.4, 0.5) is 0 Å². The van der Waals surface area contributed by atoms with Crippen LogP contribution in [0.2, 0.25) is 0 Å². The fraction of sp³-hybridized carbons (Fsp3) is 0.333. The zero-order valence-electron chi connectivity index (χ0n) is 12.4. The first-order valence-corrected chi connectivity index (χ1v) is 8.15. The van der Waals surface area contributed by atoms with Crippen molar-refractivity contribution in [3.8, 4) is 0 Å². The number of carboxylic acids is 1. The van der Waals surface area contributed by atoms with Crippen molar-refractivity contribution in [1.82, 2.24) is 5.06 Å². The lowest BCUT2D eigenvalue weighted by Crippen LogP contribution is -2.31. The molecule has 0 fully saturated rings. The summed E-state index contributed by atoms with van der Waals surface area (Å²) in [5.74, 6) is -1.99. The van der Waals surface area contributed by atoms with E-state index in [0.29, 0.717) is 8.95 Å². The van der Waals surface area contributed by atoms with Gasteiger partial charge in [0.2, 0.25) is 5.78 Å². The third-order valence-corrected chi connectivity index (χ3v) is 4.48. The molecule has 0 aromatic heterocycles. The normalized spacial score (nSPS) is 13.1. The highest BCUT2D eigenvalue weighted by atomic mass is 79.9. The van der Waals surface area contributed by atoms with Crippen LogP contribution in [0.15, 0.2) is 38.9 Å². The molecule has 120 valence electrons. The molecule has 22 heavy (non-hydrogen) atoms. The summed E-state index contributed by atoms with van der Waals surface area (Å²) in [6.07, 6.45) is 0.961. The molecule has 0 saturated heterocycles. The molecule has 0 heterocycles. The summed E-state index contributed by atoms with van der Waals surface area (Å²) in [7, 11) is 0. The van der Waals surface area contributed by atoms with E-state index < -0.39 is 17.3 Å². The molecule has 0 radical (unpaired) electrons. The van der Waals surface area contributed by atoms with Crippen LogP contribution in [0.5, 0.6) is 0 Å². The topological polar surface area (TPSA) is 77.8 Å². The van der Waals surface area contributed by atoms with Gasteiger partial charge < -0.3 is 5.11 Å². The molecule has 1 aromatic carbocycles. The number of rotatable bonds is 6. The van der Waals surface area contributed by atoms with Crippen LogP contribution in [-0.4, -0.2) is 33.2 Å². The van der Waals surface area contributed by atoms with E-state index in [1.165, 1.54) is 6.07 Å². The summed E-state index contributed by atoms with van der Waals surface area (Å²) in [5, 5.41) is 20.0. The molecule has 0 aliphatic rings. The van der Waals surface area contributed by atoms with Gasteiger partial charge in [0.15, 0.2) is 0 Å². The first-order chi connectivity index (χ1) is 10.1. The number of nitrogens with zero attached hydrogens (tertiary/aromatic N) is 1. The van der Waals surface area contributed by atoms with E-state index in [1.807, 2.05) is 13.8 Å². The SMILES string of the molecule is CC(C)C(C)N(O)C=C(C(=O)O)C(=O)c1cc(Br)ccc1Br. The van der Waals surface area contributed by atoms with E-state index in [9.17, 15) is 19.9 Å². The second-order valence-electron chi connectivity index (χ2n) is 5.17. The van der Waals surface area contributed by atoms with Crippen molar-refractivity contribution in [1.29, 1.82) is 0 Å². The zero-order chi connectivity index (χ0) is 17.0. The van der Waals surface area contributed by atoms with E-state index in [1.54, 1.807) is 19.1 Å². The Kier molecular flexibility index (Phi) is 6.77. The molecule has 1 unspecified atom stereocenters. The first-order valence-electron chi connectivity index (χ1n) is 6.57. The molecule has 5 nitrogen and oxygen atoms in total. The van der Waals surface area contributed by atoms with Crippen LogP contribution in [-0.2, 0) is 4.79 Å². The highest BCUT2D eigenvalue weighted by molar-refractivity contribution is 9.11. The molecule has 0 amide bonds. The molecule has 0 spiro atoms. The van der Waals surface area contributed by atoms with Crippen molar-refractivity contribution in [2.24, 2.45) is 5.92 Å². The van der Waals surface area contributed by atoms with E-state index >= 15 is 0 Å². The van der Waals surface area contributed by atoms with Gasteiger partial charge in [0.1, 0.15) is 5.57 Å². The molecule has 0 aliphatic carbocycles. The fourth-order valence-electron chi connectivity index (χ4n) is 1.58. The van der Waals surface area contributed by atoms with Crippen LogP contribution >= 0.6 is 31.9 Å². The van der Waals surface area contributed by atoms with Crippen LogP contribution in [0, 0.1) is 5.92 Å². The maximum atomic E-state index is 12.4. The average Bonchev–Trinajstić information content (AvgIpc) is 2.44. The third-order valence-electron chi connectivity index (χ3n) is 3.29. The number of ketones is 1. The van der Waals surface area contributed by atoms with E-state index in [2.05, 4.69) is 31.9 Å². The van der Waals surface area contributed by atoms with Gasteiger partial charge in [-0.05, 0) is 31.0 Å². The Bertz CT molecular complexity index is 614. The van der Waals surface area contributed by atoms with Crippen molar-refractivity contribution in [2.75, 3.05) is 0 Å². The maximum Gasteiger partial charge on any atom is 0.341 e. The number of carbonyl (C=O) groups excluding carboxylic acids is 1. The van der Waals surface area contributed by atoms with E-state index in [0.717, 1.165) is 11.3 Å². The zero-order valence-corrected chi connectivity index (χ0v) is 15.6. The predicted octanol–water partition coefficient (Wildman–Crippen LogP) is 4.10. The molecular formula is C15H17Br2NO4. The monoisotopic (exact) mass is 433 g/mol. The summed E-state index contributed by atoms with van der Waals surface area (Å²) in [4.78, 5) is 23.8. The Hall–Kier alpha value is -1.18. The molecule has 0 aliphatic heterocycles. The predicted molar refractivity (Wildman–Crippen MR) is 89.8 cm³/mol. The molecule has 0 bridgehead atoms. The summed E-state index contributed by atoms with van der Waals surface area (Å²) in [5.41, 5.74) is -0.303. The lowest BCUT2D eigenvalue weighted by atomic mass is 10.0. The molecule has 2 N–H and O–H groups in total. The van der Waals surface area contributed by atoms with E-state index in [4.69, 9.17) is 0 Å². The van der Waals surface area contributed by atoms with Gasteiger partial charge in [-0.25, -0.2) is 4.79 Å². The average molecular weight is 435 g/mol. The molecule has 1 rings (SSSR count). The number of benzene rings is 1. The van der Waals surface area contributed by atoms with Gasteiger partial charge in [0.25, 0.3) is 0 Å². The molecular weight excluding hydrogens is 418 g/mol. The second-order valence-corrected chi connectivity index (χ2v) is 6.94. The number of hydrogen-bond donors (Lipinski definition) is 2. The van der Waals surface area contributed by atoms with Crippen LogP contribution in [0.1, 0.15) is 31.1 Å². The summed E-state index contributed by atoms with van der Waals surface area (Å²) >= 11 is 6.47. The van der Waals surface area contributed by atoms with Crippen molar-refractivity contribution in [2.45, 2.75) is 26.8 Å². The molecule has 7 heteroatoms. The lowest BCUT2D eigenvalue weighted by Gasteiger charge is -2.24. The van der Waals surface area contributed by atoms with Crippen molar-refractivity contribution >= 4 is 43.6 Å². The highest BCUT2D eigenvalue weighted by Crippen LogP contribution is 2.24. The second kappa shape index (κ2) is 7.89. The quantitative estimate of drug-likeness (QED) is 0.231. The van der Waals surface area contributed by atoms with Crippen LogP contribution in [0.25, 0.3) is 0 Å². The first kappa shape index (κ1) is 18.9. The van der Waals surface area contributed by atoms with Gasteiger partial charge in [-0.15, -0.1) is 0 Å². The van der Waals surface area contributed by atoms with Crippen LogP contribution in [0.3, 0.4) is 0 Å². The Labute approximate surface area is 145 Å². The van der Waals surface area contributed by atoms with Gasteiger partial charge in [-0.2, -0.15) is 0 Å². The number of aliphatic carboxylic acids is 1. The van der Waals surface area contributed by atoms with Gasteiger partial charge in [-0.3, -0.25) is 15.1 Å². The van der Waals surface area contributed by atoms with Gasteiger partial charge in [0.05, 0.1) is 6.04 Å². The minimum Gasteiger partial charge on any atom is -0.477 e. The van der Waals surface area contributed by atoms with Gasteiger partial charge in [0, 0.05) is 20.7 Å². The van der Waals surface area contributed by atoms with Crippen molar-refractivity contribution in [3.05, 3.63) is 44.5 Å². The molecule has 0 saturated carbocycles. The number of hydrogen-bond acceptors (Lipinski definition) is 4. The van der Waals surface area contributed by atoms with Crippen molar-refractivity contribution < 1.29 is 19.9 Å². The highest BCUT2D eigenvalue weighted by Gasteiger charge is 2.24. The number of carboxylic acid groups (broad SMARTS) is 1. The standard InChI is InChI=1S/C15H17Br2NO4/c1-8(2)9(3)18(22)7-12(15(20)21)14(19)11-6-10(16)4-5-13(11)17/h4-9,22H,1-3H3,(H,20,21). The summed E-state index contributed by atoms with van der Waals surface area (Å²) < 4.78 is 1.13. The lowest BCUT2D eigenvalue weighted by molar-refractivity contribution is -0.133. The Morgan fingerprint density at radius 3 is 2.32 bits per heavy atom. The number of carbonyl (C=O) groups is 2. The Morgan fingerprint density at radius 1 is 1.23 bits per heavy atom. The van der Waals surface area contributed by atoms with Gasteiger partial charge in [-0.1, -0.05) is 45.7 Å². The minimum atomic E-state index is -1.40. The third kappa shape index (κ3) is 4.66. The Morgan fingerprint density at radius 2 is 1.82 bits per heavy atom. The number of Topliss-reactive ketones (excluding diaryl/α,β-unsaturated/α-hetero) is 1. The fourth-order valence-corrected chi connectivity index (χ4v) is 2.37. The summed E-state index contributed by atoms with van der Waals surface area (Å²) in [6.45, 7) is 5.50. The van der Waals surface area contributed by atoms with E-state index in [-0.39, 0.29) is 17.5 Å². The maximum absolute atomic E-state index is 12.4. The van der Waals surface area contributed by atoms with Crippen molar-refractivity contribution in [3.63, 3.8) is 0 Å². The number of hydroxylamine groups is 2. The minimum absolute atomic E-state index is 0.0870. The molecule has 1 aromatic rings.